The van der Waals surface area contributed by atoms with E-state index in [2.05, 4.69) is 21.7 Å². The van der Waals surface area contributed by atoms with Gasteiger partial charge in [-0.1, -0.05) is 6.07 Å². The standard InChI is InChI=1S/C15H10N4O/c16-8-10-3-1-4-11(7-10)18-9-12-14-13(19-15(12)20)5-2-6-17-14/h1-7,9,18H,(H,19,20). The predicted molar refractivity (Wildman–Crippen MR) is 75.6 cm³/mol. The summed E-state index contributed by atoms with van der Waals surface area (Å²) in [5.41, 5.74) is 3.11. The normalized spacial score (nSPS) is 14.6. The van der Waals surface area contributed by atoms with Crippen LogP contribution in [0.15, 0.2) is 48.8 Å². The van der Waals surface area contributed by atoms with Crippen molar-refractivity contribution in [3.8, 4) is 6.07 Å². The van der Waals surface area contributed by atoms with Crippen molar-refractivity contribution in [2.24, 2.45) is 0 Å². The second kappa shape index (κ2) is 4.86. The van der Waals surface area contributed by atoms with Crippen molar-refractivity contribution in [2.75, 3.05) is 10.6 Å². The Bertz CT molecular complexity index is 758. The molecule has 2 heterocycles. The number of nitrogens with zero attached hydrogens (tertiary/aromatic N) is 2. The van der Waals surface area contributed by atoms with Gasteiger partial charge in [0.05, 0.1) is 22.9 Å². The second-order valence-corrected chi connectivity index (χ2v) is 4.25. The molecule has 5 nitrogen and oxygen atoms in total. The first-order chi connectivity index (χ1) is 9.78. The number of nitrogens with one attached hydrogen (secondary N) is 2. The molecule has 0 saturated heterocycles. The largest absolute Gasteiger partial charge is 0.361 e. The van der Waals surface area contributed by atoms with Gasteiger partial charge in [-0.2, -0.15) is 5.26 Å². The molecule has 1 amide bonds. The minimum Gasteiger partial charge on any atom is -0.361 e. The van der Waals surface area contributed by atoms with Crippen molar-refractivity contribution in [3.63, 3.8) is 0 Å². The van der Waals surface area contributed by atoms with E-state index in [1.54, 1.807) is 42.7 Å². The number of fused-ring (bicyclic) bond motifs is 1. The van der Waals surface area contributed by atoms with E-state index < -0.39 is 0 Å². The number of rotatable bonds is 2. The molecule has 20 heavy (non-hydrogen) atoms. The van der Waals surface area contributed by atoms with Crippen LogP contribution in [-0.2, 0) is 4.79 Å². The van der Waals surface area contributed by atoms with Crippen molar-refractivity contribution < 1.29 is 4.79 Å². The lowest BCUT2D eigenvalue weighted by Gasteiger charge is -2.02. The molecular formula is C15H10N4O. The third-order valence-electron chi connectivity index (χ3n) is 2.93. The number of carbonyl (C=O) groups excluding carboxylic acids is 1. The Labute approximate surface area is 115 Å². The SMILES string of the molecule is N#Cc1cccc(NC=C2C(=O)Nc3cccnc32)c1. The van der Waals surface area contributed by atoms with Crippen LogP contribution in [-0.4, -0.2) is 10.9 Å². The molecule has 3 rings (SSSR count). The van der Waals surface area contributed by atoms with Gasteiger partial charge < -0.3 is 10.6 Å². The van der Waals surface area contributed by atoms with E-state index in [0.717, 1.165) is 5.69 Å². The highest BCUT2D eigenvalue weighted by atomic mass is 16.2. The van der Waals surface area contributed by atoms with E-state index in [4.69, 9.17) is 5.26 Å². The first-order valence-corrected chi connectivity index (χ1v) is 6.01. The van der Waals surface area contributed by atoms with Gasteiger partial charge in [-0.3, -0.25) is 9.78 Å². The highest BCUT2D eigenvalue weighted by Crippen LogP contribution is 2.29. The van der Waals surface area contributed by atoms with Crippen LogP contribution < -0.4 is 10.6 Å². The summed E-state index contributed by atoms with van der Waals surface area (Å²) in [5, 5.41) is 14.6. The molecule has 0 spiro atoms. The minimum atomic E-state index is -0.192. The van der Waals surface area contributed by atoms with E-state index in [-0.39, 0.29) is 5.91 Å². The van der Waals surface area contributed by atoms with Crippen LogP contribution in [0.2, 0.25) is 0 Å². The lowest BCUT2D eigenvalue weighted by Crippen LogP contribution is -2.05. The third-order valence-corrected chi connectivity index (χ3v) is 2.93. The first-order valence-electron chi connectivity index (χ1n) is 6.01. The summed E-state index contributed by atoms with van der Waals surface area (Å²) in [6.07, 6.45) is 3.24. The molecule has 0 aliphatic carbocycles. The molecule has 0 atom stereocenters. The van der Waals surface area contributed by atoms with E-state index in [9.17, 15) is 4.79 Å². The third kappa shape index (κ3) is 2.10. The van der Waals surface area contributed by atoms with E-state index in [1.807, 2.05) is 6.07 Å². The number of hydrogen-bond donors (Lipinski definition) is 2. The number of aromatic nitrogens is 1. The molecule has 2 aromatic rings. The number of amides is 1. The Kier molecular flexibility index (Phi) is 2.90. The fourth-order valence-corrected chi connectivity index (χ4v) is 1.99. The van der Waals surface area contributed by atoms with Crippen LogP contribution in [0.3, 0.4) is 0 Å². The highest BCUT2D eigenvalue weighted by Gasteiger charge is 2.24. The quantitative estimate of drug-likeness (QED) is 0.814. The van der Waals surface area contributed by atoms with Crippen LogP contribution in [0.25, 0.3) is 5.57 Å². The Morgan fingerprint density at radius 1 is 1.30 bits per heavy atom. The summed E-state index contributed by atoms with van der Waals surface area (Å²) >= 11 is 0. The number of benzene rings is 1. The molecule has 5 heteroatoms. The van der Waals surface area contributed by atoms with Crippen LogP contribution in [0.5, 0.6) is 0 Å². The maximum absolute atomic E-state index is 11.9. The zero-order valence-corrected chi connectivity index (χ0v) is 10.4. The molecule has 0 fully saturated rings. The van der Waals surface area contributed by atoms with E-state index in [1.165, 1.54) is 0 Å². The number of pyridine rings is 1. The summed E-state index contributed by atoms with van der Waals surface area (Å²) < 4.78 is 0. The van der Waals surface area contributed by atoms with Crippen molar-refractivity contribution in [1.29, 1.82) is 5.26 Å². The molecule has 0 unspecified atom stereocenters. The van der Waals surface area contributed by atoms with Gasteiger partial charge in [0, 0.05) is 18.1 Å². The first kappa shape index (κ1) is 11.9. The molecule has 1 aliphatic rings. The van der Waals surface area contributed by atoms with Crippen molar-refractivity contribution >= 4 is 22.9 Å². The molecule has 0 bridgehead atoms. The maximum atomic E-state index is 11.9. The van der Waals surface area contributed by atoms with Crippen LogP contribution in [0.1, 0.15) is 11.3 Å². The molecule has 0 saturated carbocycles. The molecule has 1 aliphatic heterocycles. The summed E-state index contributed by atoms with van der Waals surface area (Å²) in [5.74, 6) is -0.192. The molecular weight excluding hydrogens is 252 g/mol. The second-order valence-electron chi connectivity index (χ2n) is 4.25. The fraction of sp³-hybridized carbons (Fsp3) is 0. The van der Waals surface area contributed by atoms with Crippen molar-refractivity contribution in [2.45, 2.75) is 0 Å². The molecule has 96 valence electrons. The molecule has 1 aromatic heterocycles. The Hall–Kier alpha value is -3.13. The number of nitriles is 1. The van der Waals surface area contributed by atoms with Gasteiger partial charge in [0.2, 0.25) is 0 Å². The van der Waals surface area contributed by atoms with Crippen LogP contribution >= 0.6 is 0 Å². The van der Waals surface area contributed by atoms with Crippen LogP contribution in [0.4, 0.5) is 11.4 Å². The Morgan fingerprint density at radius 3 is 3.05 bits per heavy atom. The fourth-order valence-electron chi connectivity index (χ4n) is 1.99. The summed E-state index contributed by atoms with van der Waals surface area (Å²) in [4.78, 5) is 16.1. The monoisotopic (exact) mass is 262 g/mol. The summed E-state index contributed by atoms with van der Waals surface area (Å²) in [6.45, 7) is 0. The van der Waals surface area contributed by atoms with E-state index >= 15 is 0 Å². The maximum Gasteiger partial charge on any atom is 0.259 e. The zero-order valence-electron chi connectivity index (χ0n) is 10.4. The molecule has 1 aromatic carbocycles. The topological polar surface area (TPSA) is 77.8 Å². The Morgan fingerprint density at radius 2 is 2.20 bits per heavy atom. The lowest BCUT2D eigenvalue weighted by atomic mass is 10.2. The van der Waals surface area contributed by atoms with Gasteiger partial charge in [-0.15, -0.1) is 0 Å². The van der Waals surface area contributed by atoms with Crippen LogP contribution in [0, 0.1) is 11.3 Å². The smallest absolute Gasteiger partial charge is 0.259 e. The lowest BCUT2D eigenvalue weighted by molar-refractivity contribution is -0.110. The van der Waals surface area contributed by atoms with Gasteiger partial charge in [0.25, 0.3) is 5.91 Å². The van der Waals surface area contributed by atoms with Gasteiger partial charge >= 0.3 is 0 Å². The summed E-state index contributed by atoms with van der Waals surface area (Å²) in [7, 11) is 0. The number of hydrogen-bond acceptors (Lipinski definition) is 4. The predicted octanol–water partition coefficient (Wildman–Crippen LogP) is 2.36. The number of anilines is 2. The average Bonchev–Trinajstić information content (AvgIpc) is 2.81. The summed E-state index contributed by atoms with van der Waals surface area (Å²) in [6, 6.07) is 12.7. The average molecular weight is 262 g/mol. The van der Waals surface area contributed by atoms with Crippen molar-refractivity contribution in [3.05, 3.63) is 60.1 Å². The molecule has 0 radical (unpaired) electrons. The highest BCUT2D eigenvalue weighted by molar-refractivity contribution is 6.31. The van der Waals surface area contributed by atoms with Gasteiger partial charge in [0.15, 0.2) is 0 Å². The minimum absolute atomic E-state index is 0.192. The molecule has 2 N–H and O–H groups in total. The van der Waals surface area contributed by atoms with E-state index in [0.29, 0.717) is 22.5 Å². The zero-order chi connectivity index (χ0) is 13.9. The van der Waals surface area contributed by atoms with Gasteiger partial charge in [0.1, 0.15) is 5.69 Å². The van der Waals surface area contributed by atoms with Crippen molar-refractivity contribution in [1.82, 2.24) is 4.98 Å². The van der Waals surface area contributed by atoms with Gasteiger partial charge in [-0.05, 0) is 30.3 Å². The van der Waals surface area contributed by atoms with Gasteiger partial charge in [-0.25, -0.2) is 0 Å². The number of carbonyl (C=O) groups is 1. The Balaban J connectivity index is 1.90.